The molecule has 1 heterocycles. The first kappa shape index (κ1) is 10.4. The van der Waals surface area contributed by atoms with Crippen molar-refractivity contribution in [2.45, 2.75) is 20.4 Å². The summed E-state index contributed by atoms with van der Waals surface area (Å²) in [7, 11) is 0. The average molecular weight is 177 g/mol. The number of aromatic nitrogens is 3. The normalized spacial score (nSPS) is 9.36. The SMILES string of the molecule is Cc1nc(C)n(CCN)n1.Cl. The van der Waals surface area contributed by atoms with Crippen LogP contribution in [0.5, 0.6) is 0 Å². The second-order valence-electron chi connectivity index (χ2n) is 2.22. The second kappa shape index (κ2) is 4.31. The van der Waals surface area contributed by atoms with Crippen LogP contribution in [0.15, 0.2) is 0 Å². The molecule has 0 fully saturated rings. The molecule has 0 radical (unpaired) electrons. The van der Waals surface area contributed by atoms with E-state index in [0.29, 0.717) is 6.54 Å². The number of nitrogens with two attached hydrogens (primary N) is 1. The Bertz CT molecular complexity index is 220. The monoisotopic (exact) mass is 176 g/mol. The van der Waals surface area contributed by atoms with E-state index in [1.807, 2.05) is 18.5 Å². The van der Waals surface area contributed by atoms with E-state index in [-0.39, 0.29) is 12.4 Å². The summed E-state index contributed by atoms with van der Waals surface area (Å²) in [6, 6.07) is 0. The van der Waals surface area contributed by atoms with Crippen LogP contribution in [-0.2, 0) is 6.54 Å². The van der Waals surface area contributed by atoms with E-state index in [1.54, 1.807) is 0 Å². The van der Waals surface area contributed by atoms with Gasteiger partial charge in [0.05, 0.1) is 6.54 Å². The Morgan fingerprint density at radius 3 is 2.45 bits per heavy atom. The van der Waals surface area contributed by atoms with E-state index in [0.717, 1.165) is 18.2 Å². The number of rotatable bonds is 2. The Morgan fingerprint density at radius 2 is 2.09 bits per heavy atom. The van der Waals surface area contributed by atoms with Crippen LogP contribution in [0.4, 0.5) is 0 Å². The maximum absolute atomic E-state index is 5.35. The molecule has 1 rings (SSSR count). The molecule has 1 aromatic rings. The van der Waals surface area contributed by atoms with Gasteiger partial charge in [-0.05, 0) is 13.8 Å². The van der Waals surface area contributed by atoms with E-state index in [4.69, 9.17) is 5.73 Å². The number of halogens is 1. The van der Waals surface area contributed by atoms with Crippen LogP contribution >= 0.6 is 12.4 Å². The molecule has 5 heteroatoms. The third-order valence-electron chi connectivity index (χ3n) is 1.30. The van der Waals surface area contributed by atoms with Gasteiger partial charge in [0.25, 0.3) is 0 Å². The van der Waals surface area contributed by atoms with Crippen molar-refractivity contribution in [3.63, 3.8) is 0 Å². The highest BCUT2D eigenvalue weighted by Crippen LogP contribution is 1.93. The van der Waals surface area contributed by atoms with Crippen molar-refractivity contribution in [3.8, 4) is 0 Å². The highest BCUT2D eigenvalue weighted by molar-refractivity contribution is 5.85. The summed E-state index contributed by atoms with van der Waals surface area (Å²) < 4.78 is 1.81. The van der Waals surface area contributed by atoms with E-state index in [9.17, 15) is 0 Å². The molecule has 0 unspecified atom stereocenters. The summed E-state index contributed by atoms with van der Waals surface area (Å²) in [6.45, 7) is 5.17. The largest absolute Gasteiger partial charge is 0.329 e. The highest BCUT2D eigenvalue weighted by atomic mass is 35.5. The van der Waals surface area contributed by atoms with Crippen LogP contribution in [0.1, 0.15) is 11.6 Å². The summed E-state index contributed by atoms with van der Waals surface area (Å²) in [5.74, 6) is 1.74. The van der Waals surface area contributed by atoms with Gasteiger partial charge >= 0.3 is 0 Å². The van der Waals surface area contributed by atoms with Gasteiger partial charge in [0, 0.05) is 6.54 Å². The molecule has 0 aliphatic carbocycles. The molecule has 4 nitrogen and oxygen atoms in total. The molecule has 0 amide bonds. The molecular formula is C6H13ClN4. The van der Waals surface area contributed by atoms with E-state index >= 15 is 0 Å². The fraction of sp³-hybridized carbons (Fsp3) is 0.667. The van der Waals surface area contributed by atoms with Crippen LogP contribution < -0.4 is 5.73 Å². The topological polar surface area (TPSA) is 56.7 Å². The zero-order chi connectivity index (χ0) is 7.56. The first-order valence-corrected chi connectivity index (χ1v) is 3.32. The fourth-order valence-electron chi connectivity index (χ4n) is 0.895. The van der Waals surface area contributed by atoms with E-state index in [2.05, 4.69) is 10.1 Å². The molecular weight excluding hydrogens is 164 g/mol. The summed E-state index contributed by atoms with van der Waals surface area (Å²) >= 11 is 0. The lowest BCUT2D eigenvalue weighted by Gasteiger charge is -1.96. The van der Waals surface area contributed by atoms with Gasteiger partial charge in [0.1, 0.15) is 11.6 Å². The van der Waals surface area contributed by atoms with Crippen molar-refractivity contribution < 1.29 is 0 Å². The van der Waals surface area contributed by atoms with Crippen molar-refractivity contribution in [1.29, 1.82) is 0 Å². The minimum atomic E-state index is 0. The maximum Gasteiger partial charge on any atom is 0.147 e. The van der Waals surface area contributed by atoms with Gasteiger partial charge in [0.15, 0.2) is 0 Å². The van der Waals surface area contributed by atoms with E-state index in [1.165, 1.54) is 0 Å². The third-order valence-corrected chi connectivity index (χ3v) is 1.30. The Labute approximate surface area is 72.2 Å². The molecule has 0 saturated heterocycles. The van der Waals surface area contributed by atoms with E-state index < -0.39 is 0 Å². The smallest absolute Gasteiger partial charge is 0.147 e. The van der Waals surface area contributed by atoms with Crippen molar-refractivity contribution in [2.24, 2.45) is 5.73 Å². The van der Waals surface area contributed by atoms with Gasteiger partial charge in [0.2, 0.25) is 0 Å². The van der Waals surface area contributed by atoms with Crippen molar-refractivity contribution in [1.82, 2.24) is 14.8 Å². The van der Waals surface area contributed by atoms with Gasteiger partial charge in [-0.25, -0.2) is 9.67 Å². The Balaban J connectivity index is 0.000001000. The molecule has 1 aromatic heterocycles. The number of aryl methyl sites for hydroxylation is 2. The number of hydrogen-bond donors (Lipinski definition) is 1. The molecule has 0 spiro atoms. The molecule has 0 aromatic carbocycles. The van der Waals surface area contributed by atoms with Crippen LogP contribution in [0.3, 0.4) is 0 Å². The zero-order valence-corrected chi connectivity index (χ0v) is 7.56. The van der Waals surface area contributed by atoms with Crippen LogP contribution in [0.25, 0.3) is 0 Å². The van der Waals surface area contributed by atoms with Gasteiger partial charge < -0.3 is 5.73 Å². The fourth-order valence-corrected chi connectivity index (χ4v) is 0.895. The standard InChI is InChI=1S/C6H12N4.ClH/c1-5-8-6(2)10(9-5)4-3-7;/h3-4,7H2,1-2H3;1H. The quantitative estimate of drug-likeness (QED) is 0.704. The highest BCUT2D eigenvalue weighted by Gasteiger charge is 1.98. The first-order chi connectivity index (χ1) is 4.74. The Morgan fingerprint density at radius 1 is 1.45 bits per heavy atom. The van der Waals surface area contributed by atoms with Gasteiger partial charge in [-0.2, -0.15) is 5.10 Å². The minimum absolute atomic E-state index is 0. The molecule has 0 aliphatic rings. The van der Waals surface area contributed by atoms with Crippen molar-refractivity contribution in [3.05, 3.63) is 11.6 Å². The van der Waals surface area contributed by atoms with Gasteiger partial charge in [-0.3, -0.25) is 0 Å². The summed E-state index contributed by atoms with van der Waals surface area (Å²) in [5.41, 5.74) is 5.35. The molecule has 0 aliphatic heterocycles. The molecule has 64 valence electrons. The molecule has 0 saturated carbocycles. The summed E-state index contributed by atoms with van der Waals surface area (Å²) in [6.07, 6.45) is 0. The van der Waals surface area contributed by atoms with Gasteiger partial charge in [-0.1, -0.05) is 0 Å². The Kier molecular flexibility index (Phi) is 4.07. The number of nitrogens with zero attached hydrogens (tertiary/aromatic N) is 3. The van der Waals surface area contributed by atoms with Crippen molar-refractivity contribution in [2.75, 3.05) is 6.54 Å². The predicted molar refractivity (Wildman–Crippen MR) is 45.8 cm³/mol. The van der Waals surface area contributed by atoms with Crippen LogP contribution in [-0.4, -0.2) is 21.3 Å². The second-order valence-corrected chi connectivity index (χ2v) is 2.22. The lowest BCUT2D eigenvalue weighted by atomic mass is 10.6. The number of hydrogen-bond acceptors (Lipinski definition) is 3. The lowest BCUT2D eigenvalue weighted by molar-refractivity contribution is 0.601. The average Bonchev–Trinajstić information content (AvgIpc) is 2.13. The summed E-state index contributed by atoms with van der Waals surface area (Å²) in [4.78, 5) is 4.13. The Hall–Kier alpha value is -0.610. The molecule has 2 N–H and O–H groups in total. The van der Waals surface area contributed by atoms with Crippen molar-refractivity contribution >= 4 is 12.4 Å². The molecule has 0 bridgehead atoms. The molecule has 11 heavy (non-hydrogen) atoms. The summed E-state index contributed by atoms with van der Waals surface area (Å²) in [5, 5.41) is 4.13. The minimum Gasteiger partial charge on any atom is -0.329 e. The zero-order valence-electron chi connectivity index (χ0n) is 6.74. The van der Waals surface area contributed by atoms with Crippen LogP contribution in [0, 0.1) is 13.8 Å². The third kappa shape index (κ3) is 2.48. The van der Waals surface area contributed by atoms with Gasteiger partial charge in [-0.15, -0.1) is 12.4 Å². The van der Waals surface area contributed by atoms with Crippen LogP contribution in [0.2, 0.25) is 0 Å². The lowest BCUT2D eigenvalue weighted by Crippen LogP contribution is -2.12. The maximum atomic E-state index is 5.35. The molecule has 0 atom stereocenters. The predicted octanol–water partition coefficient (Wildman–Crippen LogP) is 0.275. The first-order valence-electron chi connectivity index (χ1n) is 3.32.